The van der Waals surface area contributed by atoms with Gasteiger partial charge in [-0.15, -0.1) is 0 Å². The highest BCUT2D eigenvalue weighted by atomic mass is 16.2. The number of amides is 2. The minimum absolute atomic E-state index is 0.00398. The Bertz CT molecular complexity index is 669. The molecule has 1 fully saturated rings. The summed E-state index contributed by atoms with van der Waals surface area (Å²) in [6, 6.07) is 5.65. The maximum absolute atomic E-state index is 12.5. The molecule has 0 saturated carbocycles. The smallest absolute Gasteiger partial charge is 0.224 e. The van der Waals surface area contributed by atoms with Crippen molar-refractivity contribution in [2.24, 2.45) is 5.92 Å². The maximum Gasteiger partial charge on any atom is 0.224 e. The Hall–Kier alpha value is -2.17. The van der Waals surface area contributed by atoms with Gasteiger partial charge in [-0.25, -0.2) is 0 Å². The molecule has 0 bridgehead atoms. The quantitative estimate of drug-likeness (QED) is 0.762. The molecule has 5 heteroatoms. The number of nitrogens with zero attached hydrogens (tertiary/aromatic N) is 1. The van der Waals surface area contributed by atoms with Gasteiger partial charge in [0.1, 0.15) is 0 Å². The molecule has 1 aliphatic heterocycles. The summed E-state index contributed by atoms with van der Waals surface area (Å²) >= 11 is 0. The lowest BCUT2D eigenvalue weighted by molar-refractivity contribution is -0.135. The zero-order valence-corrected chi connectivity index (χ0v) is 16.1. The van der Waals surface area contributed by atoms with Crippen LogP contribution in [0.4, 0.5) is 0 Å². The fraction of sp³-hybridized carbons (Fsp3) is 0.571. The average molecular weight is 358 g/mol. The predicted molar refractivity (Wildman–Crippen MR) is 102 cm³/mol. The number of piperidine rings is 1. The number of likely N-dealkylation sites (tertiary alicyclic amines) is 1. The SMILES string of the molecule is CCCNC(=O)C1CCCN(C(=O)CCC(=O)c2ccc(C)c(C)c2)C1. The lowest BCUT2D eigenvalue weighted by atomic mass is 9.96. The van der Waals surface area contributed by atoms with Crippen LogP contribution in [0.15, 0.2) is 18.2 Å². The van der Waals surface area contributed by atoms with E-state index in [4.69, 9.17) is 0 Å². The number of rotatable bonds is 7. The van der Waals surface area contributed by atoms with E-state index >= 15 is 0 Å². The summed E-state index contributed by atoms with van der Waals surface area (Å²) in [6.07, 6.45) is 2.98. The van der Waals surface area contributed by atoms with Gasteiger partial charge in [0.15, 0.2) is 5.78 Å². The van der Waals surface area contributed by atoms with Crippen LogP contribution < -0.4 is 5.32 Å². The zero-order chi connectivity index (χ0) is 19.1. The molecule has 1 unspecified atom stereocenters. The minimum atomic E-state index is -0.130. The number of aryl methyl sites for hydroxylation is 2. The van der Waals surface area contributed by atoms with Crippen molar-refractivity contribution in [1.29, 1.82) is 0 Å². The number of nitrogens with one attached hydrogen (secondary N) is 1. The highest BCUT2D eigenvalue weighted by molar-refractivity contribution is 5.98. The molecule has 2 amide bonds. The van der Waals surface area contributed by atoms with Gasteiger partial charge < -0.3 is 10.2 Å². The van der Waals surface area contributed by atoms with E-state index in [1.54, 1.807) is 4.90 Å². The van der Waals surface area contributed by atoms with Crippen LogP contribution >= 0.6 is 0 Å². The molecule has 1 aromatic carbocycles. The number of benzene rings is 1. The second-order valence-corrected chi connectivity index (χ2v) is 7.19. The molecule has 1 saturated heterocycles. The molecule has 1 atom stereocenters. The van der Waals surface area contributed by atoms with Crippen LogP contribution in [0.3, 0.4) is 0 Å². The summed E-state index contributed by atoms with van der Waals surface area (Å²) in [7, 11) is 0. The van der Waals surface area contributed by atoms with Crippen molar-refractivity contribution >= 4 is 17.6 Å². The molecule has 1 aromatic rings. The van der Waals surface area contributed by atoms with E-state index in [-0.39, 0.29) is 36.4 Å². The molecule has 0 aliphatic carbocycles. The third-order valence-corrected chi connectivity index (χ3v) is 5.09. The molecule has 142 valence electrons. The summed E-state index contributed by atoms with van der Waals surface area (Å²) < 4.78 is 0. The van der Waals surface area contributed by atoms with Gasteiger partial charge in [0.05, 0.1) is 5.92 Å². The third kappa shape index (κ3) is 5.41. The molecule has 0 radical (unpaired) electrons. The Morgan fingerprint density at radius 1 is 1.15 bits per heavy atom. The second kappa shape index (κ2) is 9.51. The van der Waals surface area contributed by atoms with Crippen molar-refractivity contribution in [2.75, 3.05) is 19.6 Å². The molecule has 0 aromatic heterocycles. The van der Waals surface area contributed by atoms with Crippen molar-refractivity contribution in [3.8, 4) is 0 Å². The van der Waals surface area contributed by atoms with Crippen molar-refractivity contribution in [3.05, 3.63) is 34.9 Å². The summed E-state index contributed by atoms with van der Waals surface area (Å²) in [5.74, 6) is -0.129. The lowest BCUT2D eigenvalue weighted by Crippen LogP contribution is -2.45. The lowest BCUT2D eigenvalue weighted by Gasteiger charge is -2.32. The Morgan fingerprint density at radius 2 is 1.92 bits per heavy atom. The monoisotopic (exact) mass is 358 g/mol. The van der Waals surface area contributed by atoms with E-state index in [1.807, 2.05) is 39.0 Å². The second-order valence-electron chi connectivity index (χ2n) is 7.19. The number of hydrogen-bond acceptors (Lipinski definition) is 3. The number of carbonyl (C=O) groups excluding carboxylic acids is 3. The van der Waals surface area contributed by atoms with Crippen LogP contribution in [0.1, 0.15) is 60.5 Å². The summed E-state index contributed by atoms with van der Waals surface area (Å²) in [4.78, 5) is 38.7. The van der Waals surface area contributed by atoms with Crippen LogP contribution in [0.5, 0.6) is 0 Å². The fourth-order valence-electron chi connectivity index (χ4n) is 3.25. The first-order chi connectivity index (χ1) is 12.4. The van der Waals surface area contributed by atoms with Crippen LogP contribution in [0.2, 0.25) is 0 Å². The van der Waals surface area contributed by atoms with Crippen LogP contribution in [0.25, 0.3) is 0 Å². The Labute approximate surface area is 156 Å². The number of Topliss-reactive ketones (excluding diaryl/α,β-unsaturated/α-hetero) is 1. The van der Waals surface area contributed by atoms with Crippen molar-refractivity contribution in [3.63, 3.8) is 0 Å². The van der Waals surface area contributed by atoms with E-state index in [0.717, 1.165) is 30.4 Å². The molecule has 5 nitrogen and oxygen atoms in total. The first-order valence-electron chi connectivity index (χ1n) is 9.58. The number of ketones is 1. The standard InChI is InChI=1S/C21H30N2O3/c1-4-11-22-21(26)18-6-5-12-23(14-18)20(25)10-9-19(24)17-8-7-15(2)16(3)13-17/h7-8,13,18H,4-6,9-12,14H2,1-3H3,(H,22,26). The van der Waals surface area contributed by atoms with Gasteiger partial charge in [-0.2, -0.15) is 0 Å². The zero-order valence-electron chi connectivity index (χ0n) is 16.1. The largest absolute Gasteiger partial charge is 0.356 e. The molecule has 1 aliphatic rings. The minimum Gasteiger partial charge on any atom is -0.356 e. The molecular weight excluding hydrogens is 328 g/mol. The van der Waals surface area contributed by atoms with Gasteiger partial charge in [0.25, 0.3) is 0 Å². The fourth-order valence-corrected chi connectivity index (χ4v) is 3.25. The first kappa shape index (κ1) is 20.1. The Morgan fingerprint density at radius 3 is 2.62 bits per heavy atom. The van der Waals surface area contributed by atoms with E-state index < -0.39 is 0 Å². The topological polar surface area (TPSA) is 66.5 Å². The van der Waals surface area contributed by atoms with Crippen LogP contribution in [-0.2, 0) is 9.59 Å². The Balaban J connectivity index is 1.85. The summed E-state index contributed by atoms with van der Waals surface area (Å²) in [6.45, 7) is 7.82. The van der Waals surface area contributed by atoms with Crippen LogP contribution in [-0.4, -0.2) is 42.1 Å². The van der Waals surface area contributed by atoms with Crippen molar-refractivity contribution in [1.82, 2.24) is 10.2 Å². The van der Waals surface area contributed by atoms with Gasteiger partial charge in [0.2, 0.25) is 11.8 Å². The van der Waals surface area contributed by atoms with Crippen LogP contribution in [0, 0.1) is 19.8 Å². The molecular formula is C21H30N2O3. The van der Waals surface area contributed by atoms with Gasteiger partial charge in [-0.3, -0.25) is 14.4 Å². The van der Waals surface area contributed by atoms with Crippen molar-refractivity contribution in [2.45, 2.75) is 52.9 Å². The third-order valence-electron chi connectivity index (χ3n) is 5.09. The summed E-state index contributed by atoms with van der Waals surface area (Å²) in [5, 5.41) is 2.91. The van der Waals surface area contributed by atoms with Crippen molar-refractivity contribution < 1.29 is 14.4 Å². The first-order valence-corrected chi connectivity index (χ1v) is 9.58. The van der Waals surface area contributed by atoms with Gasteiger partial charge in [0, 0.05) is 38.0 Å². The average Bonchev–Trinajstić information content (AvgIpc) is 2.66. The van der Waals surface area contributed by atoms with E-state index in [9.17, 15) is 14.4 Å². The molecule has 1 N–H and O–H groups in total. The van der Waals surface area contributed by atoms with Gasteiger partial charge >= 0.3 is 0 Å². The number of carbonyl (C=O) groups is 3. The van der Waals surface area contributed by atoms with Gasteiger partial charge in [-0.05, 0) is 50.3 Å². The van der Waals surface area contributed by atoms with E-state index in [0.29, 0.717) is 25.2 Å². The van der Waals surface area contributed by atoms with E-state index in [1.165, 1.54) is 0 Å². The molecule has 26 heavy (non-hydrogen) atoms. The highest BCUT2D eigenvalue weighted by Gasteiger charge is 2.28. The predicted octanol–water partition coefficient (Wildman–Crippen LogP) is 3.03. The highest BCUT2D eigenvalue weighted by Crippen LogP contribution is 2.19. The Kier molecular flexibility index (Phi) is 7.37. The molecule has 1 heterocycles. The van der Waals surface area contributed by atoms with E-state index in [2.05, 4.69) is 5.32 Å². The number of hydrogen-bond donors (Lipinski definition) is 1. The maximum atomic E-state index is 12.5. The van der Waals surface area contributed by atoms with Gasteiger partial charge in [-0.1, -0.05) is 19.1 Å². The normalized spacial score (nSPS) is 17.0. The molecule has 0 spiro atoms. The summed E-state index contributed by atoms with van der Waals surface area (Å²) in [5.41, 5.74) is 2.90. The molecule has 2 rings (SSSR count).